The summed E-state index contributed by atoms with van der Waals surface area (Å²) in [6.07, 6.45) is -0.144. The average molecular weight is 390 g/mol. The number of likely N-dealkylation sites (tertiary alicyclic amines) is 1. The van der Waals surface area contributed by atoms with Gasteiger partial charge in [0, 0.05) is 19.5 Å². The van der Waals surface area contributed by atoms with E-state index in [-0.39, 0.29) is 17.3 Å². The molecule has 0 saturated carbocycles. The second-order valence-electron chi connectivity index (χ2n) is 6.93. The Morgan fingerprint density at radius 2 is 1.78 bits per heavy atom. The molecule has 27 heavy (non-hydrogen) atoms. The number of carbonyl (C=O) groups excluding carboxylic acids is 1. The van der Waals surface area contributed by atoms with Crippen LogP contribution in [-0.4, -0.2) is 46.7 Å². The van der Waals surface area contributed by atoms with E-state index in [1.807, 2.05) is 12.1 Å². The smallest absolute Gasteiger partial charge is 0.475 e. The molecule has 2 N–H and O–H groups in total. The molecule has 150 valence electrons. The third-order valence-electron chi connectivity index (χ3n) is 4.68. The summed E-state index contributed by atoms with van der Waals surface area (Å²) in [6, 6.07) is 6.71. The predicted molar refractivity (Wildman–Crippen MR) is 89.3 cm³/mol. The molecule has 1 aromatic rings. The van der Waals surface area contributed by atoms with Crippen LogP contribution < -0.4 is 5.32 Å². The van der Waals surface area contributed by atoms with E-state index in [9.17, 15) is 22.4 Å². The molecule has 2 heterocycles. The van der Waals surface area contributed by atoms with Crippen LogP contribution in [0.3, 0.4) is 0 Å². The van der Waals surface area contributed by atoms with Crippen LogP contribution in [0.25, 0.3) is 0 Å². The maximum atomic E-state index is 12.9. The highest BCUT2D eigenvalue weighted by atomic mass is 19.4. The number of alkyl halides is 3. The first kappa shape index (κ1) is 21.1. The van der Waals surface area contributed by atoms with Crippen molar-refractivity contribution >= 4 is 11.9 Å². The van der Waals surface area contributed by atoms with E-state index < -0.39 is 12.1 Å². The summed E-state index contributed by atoms with van der Waals surface area (Å²) >= 11 is 0. The molecule has 1 atom stereocenters. The molecule has 3 rings (SSSR count). The van der Waals surface area contributed by atoms with Crippen molar-refractivity contribution in [3.8, 4) is 0 Å². The first-order valence-electron chi connectivity index (χ1n) is 8.68. The van der Waals surface area contributed by atoms with Gasteiger partial charge in [-0.1, -0.05) is 12.1 Å². The Kier molecular flexibility index (Phi) is 6.80. The molecular formula is C18H22F4N2O3. The largest absolute Gasteiger partial charge is 0.490 e. The summed E-state index contributed by atoms with van der Waals surface area (Å²) in [5.74, 6) is -2.75. The number of carbonyl (C=O) groups is 2. The quantitative estimate of drug-likeness (QED) is 0.762. The first-order valence-corrected chi connectivity index (χ1v) is 8.68. The summed E-state index contributed by atoms with van der Waals surface area (Å²) in [6.45, 7) is 2.79. The fourth-order valence-corrected chi connectivity index (χ4v) is 3.52. The Bertz CT molecular complexity index is 660. The molecule has 1 spiro atoms. The zero-order valence-corrected chi connectivity index (χ0v) is 14.7. The number of hydrogen-bond donors (Lipinski definition) is 2. The minimum atomic E-state index is -5.08. The molecule has 1 unspecified atom stereocenters. The van der Waals surface area contributed by atoms with Gasteiger partial charge in [-0.15, -0.1) is 0 Å². The standard InChI is InChI=1S/C16H21FN2O.C2HF3O2/c17-14-6-4-13(5-7-14)11-19-10-2-9-16(12-19)8-1-3-15(20)18-16;3-2(4,5)1(6)7/h4-7H,1-3,8-12H2,(H,18,20);(H,6,7). The van der Waals surface area contributed by atoms with Gasteiger partial charge < -0.3 is 10.4 Å². The third-order valence-corrected chi connectivity index (χ3v) is 4.68. The molecule has 2 fully saturated rings. The number of benzene rings is 1. The summed E-state index contributed by atoms with van der Waals surface area (Å²) in [5.41, 5.74) is 1.11. The minimum absolute atomic E-state index is 0.0202. The topological polar surface area (TPSA) is 69.6 Å². The van der Waals surface area contributed by atoms with E-state index in [1.165, 1.54) is 12.1 Å². The molecule has 1 aromatic carbocycles. The van der Waals surface area contributed by atoms with Crippen LogP contribution in [0.15, 0.2) is 24.3 Å². The first-order chi connectivity index (χ1) is 12.6. The van der Waals surface area contributed by atoms with E-state index in [2.05, 4.69) is 10.2 Å². The van der Waals surface area contributed by atoms with Crippen LogP contribution in [0.5, 0.6) is 0 Å². The van der Waals surface area contributed by atoms with Crippen LogP contribution in [0.2, 0.25) is 0 Å². The lowest BCUT2D eigenvalue weighted by Crippen LogP contribution is -2.60. The van der Waals surface area contributed by atoms with Gasteiger partial charge in [-0.2, -0.15) is 13.2 Å². The molecule has 2 saturated heterocycles. The molecule has 0 radical (unpaired) electrons. The van der Waals surface area contributed by atoms with E-state index in [0.717, 1.165) is 50.9 Å². The normalized spacial score (nSPS) is 23.3. The summed E-state index contributed by atoms with van der Waals surface area (Å²) < 4.78 is 44.7. The van der Waals surface area contributed by atoms with E-state index in [4.69, 9.17) is 9.90 Å². The zero-order chi connectivity index (χ0) is 20.1. The molecule has 0 aromatic heterocycles. The van der Waals surface area contributed by atoms with Crippen molar-refractivity contribution < 1.29 is 32.3 Å². The van der Waals surface area contributed by atoms with E-state index in [0.29, 0.717) is 6.42 Å². The molecule has 9 heteroatoms. The van der Waals surface area contributed by atoms with Crippen LogP contribution in [0, 0.1) is 5.82 Å². The number of nitrogens with one attached hydrogen (secondary N) is 1. The monoisotopic (exact) mass is 390 g/mol. The van der Waals surface area contributed by atoms with Gasteiger partial charge in [0.05, 0.1) is 5.54 Å². The van der Waals surface area contributed by atoms with Crippen molar-refractivity contribution in [2.24, 2.45) is 0 Å². The highest BCUT2D eigenvalue weighted by Gasteiger charge is 2.39. The second-order valence-corrected chi connectivity index (χ2v) is 6.93. The number of carboxylic acids is 1. The molecule has 2 aliphatic rings. The zero-order valence-electron chi connectivity index (χ0n) is 14.7. The van der Waals surface area contributed by atoms with Crippen molar-refractivity contribution in [2.75, 3.05) is 13.1 Å². The van der Waals surface area contributed by atoms with Crippen molar-refractivity contribution in [3.05, 3.63) is 35.6 Å². The van der Waals surface area contributed by atoms with Crippen LogP contribution in [0.4, 0.5) is 17.6 Å². The Morgan fingerprint density at radius 3 is 2.33 bits per heavy atom. The Labute approximate surface area is 154 Å². The van der Waals surface area contributed by atoms with Crippen LogP contribution in [0.1, 0.15) is 37.7 Å². The van der Waals surface area contributed by atoms with Crippen molar-refractivity contribution in [1.82, 2.24) is 10.2 Å². The SMILES string of the molecule is O=C(O)C(F)(F)F.O=C1CCCC2(CCCN(Cc3ccc(F)cc3)C2)N1. The van der Waals surface area contributed by atoms with Gasteiger partial charge >= 0.3 is 12.1 Å². The lowest BCUT2D eigenvalue weighted by atomic mass is 9.81. The number of amides is 1. The average Bonchev–Trinajstić information content (AvgIpc) is 2.56. The number of carboxylic acid groups (broad SMARTS) is 1. The van der Waals surface area contributed by atoms with E-state index in [1.54, 1.807) is 0 Å². The Balaban J connectivity index is 0.000000321. The number of hydrogen-bond acceptors (Lipinski definition) is 3. The number of halogens is 4. The van der Waals surface area contributed by atoms with Gasteiger partial charge in [0.1, 0.15) is 5.82 Å². The molecule has 0 aliphatic carbocycles. The van der Waals surface area contributed by atoms with Gasteiger partial charge in [-0.3, -0.25) is 9.69 Å². The fraction of sp³-hybridized carbons (Fsp3) is 0.556. The summed E-state index contributed by atoms with van der Waals surface area (Å²) in [4.78, 5) is 22.9. The Morgan fingerprint density at radius 1 is 1.19 bits per heavy atom. The number of piperidine rings is 2. The van der Waals surface area contributed by atoms with Crippen LogP contribution in [-0.2, 0) is 16.1 Å². The number of nitrogens with zero attached hydrogens (tertiary/aromatic N) is 1. The number of aliphatic carboxylic acids is 1. The maximum Gasteiger partial charge on any atom is 0.490 e. The molecule has 2 aliphatic heterocycles. The van der Waals surface area contributed by atoms with Gasteiger partial charge in [0.15, 0.2) is 0 Å². The third kappa shape index (κ3) is 6.50. The van der Waals surface area contributed by atoms with E-state index >= 15 is 0 Å². The van der Waals surface area contributed by atoms with Crippen LogP contribution >= 0.6 is 0 Å². The Hall–Kier alpha value is -2.16. The van der Waals surface area contributed by atoms with Crippen molar-refractivity contribution in [2.45, 2.75) is 50.4 Å². The second kappa shape index (κ2) is 8.69. The molecular weight excluding hydrogens is 368 g/mol. The minimum Gasteiger partial charge on any atom is -0.475 e. The summed E-state index contributed by atoms with van der Waals surface area (Å²) in [5, 5.41) is 10.3. The van der Waals surface area contributed by atoms with Crippen molar-refractivity contribution in [1.29, 1.82) is 0 Å². The maximum absolute atomic E-state index is 12.9. The lowest BCUT2D eigenvalue weighted by Gasteiger charge is -2.45. The fourth-order valence-electron chi connectivity index (χ4n) is 3.52. The van der Waals surface area contributed by atoms with Gasteiger partial charge in [-0.25, -0.2) is 9.18 Å². The molecule has 0 bridgehead atoms. The highest BCUT2D eigenvalue weighted by molar-refractivity contribution is 5.77. The molecule has 1 amide bonds. The summed E-state index contributed by atoms with van der Waals surface area (Å²) in [7, 11) is 0. The lowest BCUT2D eigenvalue weighted by molar-refractivity contribution is -0.192. The highest BCUT2D eigenvalue weighted by Crippen LogP contribution is 2.30. The molecule has 5 nitrogen and oxygen atoms in total. The predicted octanol–water partition coefficient (Wildman–Crippen LogP) is 3.09. The van der Waals surface area contributed by atoms with Gasteiger partial charge in [0.2, 0.25) is 5.91 Å². The van der Waals surface area contributed by atoms with Crippen molar-refractivity contribution in [3.63, 3.8) is 0 Å². The van der Waals surface area contributed by atoms with Gasteiger partial charge in [0.25, 0.3) is 0 Å². The van der Waals surface area contributed by atoms with Gasteiger partial charge in [-0.05, 0) is 49.9 Å². The number of rotatable bonds is 2.